The second-order valence-corrected chi connectivity index (χ2v) is 6.20. The number of anilines is 4. The summed E-state index contributed by atoms with van der Waals surface area (Å²) in [6, 6.07) is 16.1. The molecule has 116 valence electrons. The van der Waals surface area contributed by atoms with Crippen LogP contribution in [0.15, 0.2) is 59.2 Å². The minimum atomic E-state index is 0.560. The van der Waals surface area contributed by atoms with Gasteiger partial charge in [-0.2, -0.15) is 4.98 Å². The van der Waals surface area contributed by atoms with Crippen molar-refractivity contribution >= 4 is 39.1 Å². The summed E-state index contributed by atoms with van der Waals surface area (Å²) in [6.07, 6.45) is 1.73. The highest BCUT2D eigenvalue weighted by molar-refractivity contribution is 9.10. The summed E-state index contributed by atoms with van der Waals surface area (Å²) in [5, 5.41) is 6.49. The Balaban J connectivity index is 1.76. The second kappa shape index (κ2) is 6.79. The van der Waals surface area contributed by atoms with E-state index in [1.807, 2.05) is 42.5 Å². The van der Waals surface area contributed by atoms with E-state index in [0.717, 1.165) is 21.7 Å². The van der Waals surface area contributed by atoms with Crippen LogP contribution in [0.5, 0.6) is 0 Å². The smallest absolute Gasteiger partial charge is 0.229 e. The molecule has 5 heteroatoms. The molecule has 1 heterocycles. The van der Waals surface area contributed by atoms with Crippen LogP contribution < -0.4 is 10.6 Å². The highest BCUT2D eigenvalue weighted by Crippen LogP contribution is 2.23. The van der Waals surface area contributed by atoms with Crippen molar-refractivity contribution in [3.8, 4) is 0 Å². The number of nitrogens with one attached hydrogen (secondary N) is 2. The quantitative estimate of drug-likeness (QED) is 0.652. The molecule has 0 spiro atoms. The first-order valence-corrected chi connectivity index (χ1v) is 8.09. The van der Waals surface area contributed by atoms with Gasteiger partial charge < -0.3 is 10.6 Å². The summed E-state index contributed by atoms with van der Waals surface area (Å²) in [6.45, 7) is 4.12. The number of aryl methyl sites for hydroxylation is 2. The molecule has 1 aromatic heterocycles. The lowest BCUT2D eigenvalue weighted by Gasteiger charge is -2.09. The van der Waals surface area contributed by atoms with Crippen LogP contribution in [-0.2, 0) is 0 Å². The Bertz CT molecular complexity index is 816. The standard InChI is InChI=1S/C18H17BrN4/c1-12-3-6-14(7-4-12)22-18-20-10-9-17(23-18)21-15-8-5-13(2)16(19)11-15/h3-11H,1-2H3,(H2,20,21,22,23). The monoisotopic (exact) mass is 368 g/mol. The highest BCUT2D eigenvalue weighted by Gasteiger charge is 2.02. The lowest BCUT2D eigenvalue weighted by Crippen LogP contribution is -2.00. The lowest BCUT2D eigenvalue weighted by molar-refractivity contribution is 1.16. The zero-order valence-electron chi connectivity index (χ0n) is 13.0. The van der Waals surface area contributed by atoms with Crippen LogP contribution in [0.3, 0.4) is 0 Å². The van der Waals surface area contributed by atoms with Gasteiger partial charge in [0.25, 0.3) is 0 Å². The first kappa shape index (κ1) is 15.5. The fourth-order valence-electron chi connectivity index (χ4n) is 2.07. The Morgan fingerprint density at radius 3 is 2.35 bits per heavy atom. The first-order chi connectivity index (χ1) is 11.1. The van der Waals surface area contributed by atoms with Crippen molar-refractivity contribution in [2.75, 3.05) is 10.6 Å². The summed E-state index contributed by atoms with van der Waals surface area (Å²) in [5.74, 6) is 1.30. The molecule has 0 fully saturated rings. The van der Waals surface area contributed by atoms with Crippen LogP contribution in [0.25, 0.3) is 0 Å². The molecule has 2 N–H and O–H groups in total. The third-order valence-corrected chi connectivity index (χ3v) is 4.26. The van der Waals surface area contributed by atoms with E-state index in [2.05, 4.69) is 56.4 Å². The van der Waals surface area contributed by atoms with Crippen LogP contribution >= 0.6 is 15.9 Å². The number of rotatable bonds is 4. The van der Waals surface area contributed by atoms with E-state index < -0.39 is 0 Å². The summed E-state index contributed by atoms with van der Waals surface area (Å²) in [7, 11) is 0. The maximum Gasteiger partial charge on any atom is 0.229 e. The minimum Gasteiger partial charge on any atom is -0.340 e. The Hall–Kier alpha value is -2.40. The average Bonchev–Trinajstić information content (AvgIpc) is 2.54. The van der Waals surface area contributed by atoms with Gasteiger partial charge in [-0.05, 0) is 49.7 Å². The summed E-state index contributed by atoms with van der Waals surface area (Å²) in [4.78, 5) is 8.75. The molecule has 0 aliphatic rings. The van der Waals surface area contributed by atoms with Gasteiger partial charge in [0.1, 0.15) is 5.82 Å². The molecule has 3 rings (SSSR count). The molecule has 0 radical (unpaired) electrons. The number of nitrogens with zero attached hydrogens (tertiary/aromatic N) is 2. The first-order valence-electron chi connectivity index (χ1n) is 7.30. The number of benzene rings is 2. The molecule has 0 unspecified atom stereocenters. The Morgan fingerprint density at radius 1 is 0.870 bits per heavy atom. The molecule has 0 bridgehead atoms. The summed E-state index contributed by atoms with van der Waals surface area (Å²) >= 11 is 3.54. The Kier molecular flexibility index (Phi) is 4.57. The van der Waals surface area contributed by atoms with Crippen molar-refractivity contribution in [2.24, 2.45) is 0 Å². The van der Waals surface area contributed by atoms with E-state index in [1.165, 1.54) is 11.1 Å². The van der Waals surface area contributed by atoms with Crippen LogP contribution in [-0.4, -0.2) is 9.97 Å². The number of aromatic nitrogens is 2. The predicted molar refractivity (Wildman–Crippen MR) is 98.7 cm³/mol. The van der Waals surface area contributed by atoms with Gasteiger partial charge in [-0.3, -0.25) is 0 Å². The Labute approximate surface area is 144 Å². The van der Waals surface area contributed by atoms with Gasteiger partial charge >= 0.3 is 0 Å². The van der Waals surface area contributed by atoms with Crippen molar-refractivity contribution in [1.29, 1.82) is 0 Å². The topological polar surface area (TPSA) is 49.8 Å². The minimum absolute atomic E-state index is 0.560. The van der Waals surface area contributed by atoms with Crippen molar-refractivity contribution in [2.45, 2.75) is 13.8 Å². The lowest BCUT2D eigenvalue weighted by atomic mass is 10.2. The summed E-state index contributed by atoms with van der Waals surface area (Å²) < 4.78 is 1.06. The van der Waals surface area contributed by atoms with Gasteiger partial charge in [0.2, 0.25) is 5.95 Å². The molecule has 3 aromatic rings. The van der Waals surface area contributed by atoms with E-state index in [4.69, 9.17) is 0 Å². The van der Waals surface area contributed by atoms with Gasteiger partial charge in [0.15, 0.2) is 0 Å². The molecule has 23 heavy (non-hydrogen) atoms. The van der Waals surface area contributed by atoms with Gasteiger partial charge in [0, 0.05) is 22.0 Å². The predicted octanol–water partition coefficient (Wildman–Crippen LogP) is 5.34. The molecule has 0 amide bonds. The van der Waals surface area contributed by atoms with Gasteiger partial charge in [-0.25, -0.2) is 4.98 Å². The van der Waals surface area contributed by atoms with E-state index in [-0.39, 0.29) is 0 Å². The SMILES string of the molecule is Cc1ccc(Nc2nccc(Nc3ccc(C)c(Br)c3)n2)cc1. The molecule has 0 saturated heterocycles. The van der Waals surface area contributed by atoms with Gasteiger partial charge in [0.05, 0.1) is 0 Å². The van der Waals surface area contributed by atoms with Gasteiger partial charge in [-0.15, -0.1) is 0 Å². The molecular weight excluding hydrogens is 352 g/mol. The van der Waals surface area contributed by atoms with Crippen molar-refractivity contribution < 1.29 is 0 Å². The van der Waals surface area contributed by atoms with E-state index in [1.54, 1.807) is 6.20 Å². The van der Waals surface area contributed by atoms with Crippen LogP contribution in [0.4, 0.5) is 23.1 Å². The maximum absolute atomic E-state index is 4.49. The maximum atomic E-state index is 4.49. The van der Waals surface area contributed by atoms with Crippen LogP contribution in [0, 0.1) is 13.8 Å². The normalized spacial score (nSPS) is 10.4. The third kappa shape index (κ3) is 4.07. The van der Waals surface area contributed by atoms with Crippen molar-refractivity contribution in [3.05, 3.63) is 70.3 Å². The van der Waals surface area contributed by atoms with Crippen molar-refractivity contribution in [1.82, 2.24) is 9.97 Å². The summed E-state index contributed by atoms with van der Waals surface area (Å²) in [5.41, 5.74) is 4.35. The van der Waals surface area contributed by atoms with E-state index >= 15 is 0 Å². The zero-order chi connectivity index (χ0) is 16.2. The van der Waals surface area contributed by atoms with E-state index in [0.29, 0.717) is 5.95 Å². The van der Waals surface area contributed by atoms with E-state index in [9.17, 15) is 0 Å². The highest BCUT2D eigenvalue weighted by atomic mass is 79.9. The largest absolute Gasteiger partial charge is 0.340 e. The number of hydrogen-bond donors (Lipinski definition) is 2. The van der Waals surface area contributed by atoms with Crippen molar-refractivity contribution in [3.63, 3.8) is 0 Å². The third-order valence-electron chi connectivity index (χ3n) is 3.41. The fraction of sp³-hybridized carbons (Fsp3) is 0.111. The van der Waals surface area contributed by atoms with Gasteiger partial charge in [-0.1, -0.05) is 39.7 Å². The molecule has 0 aliphatic heterocycles. The van der Waals surface area contributed by atoms with Crippen LogP contribution in [0.2, 0.25) is 0 Å². The number of hydrogen-bond acceptors (Lipinski definition) is 4. The molecule has 0 aliphatic carbocycles. The molecule has 0 atom stereocenters. The molecular formula is C18H17BrN4. The van der Waals surface area contributed by atoms with Crippen LogP contribution in [0.1, 0.15) is 11.1 Å². The molecule has 4 nitrogen and oxygen atoms in total. The second-order valence-electron chi connectivity index (χ2n) is 5.35. The zero-order valence-corrected chi connectivity index (χ0v) is 14.6. The number of halogens is 1. The Morgan fingerprint density at radius 2 is 1.61 bits per heavy atom. The molecule has 0 saturated carbocycles. The average molecular weight is 369 g/mol. The fourth-order valence-corrected chi connectivity index (χ4v) is 2.45. The molecule has 2 aromatic carbocycles.